The van der Waals surface area contributed by atoms with E-state index in [-0.39, 0.29) is 17.6 Å². The van der Waals surface area contributed by atoms with Crippen molar-refractivity contribution in [3.05, 3.63) is 30.3 Å². The highest BCUT2D eigenvalue weighted by molar-refractivity contribution is 9.09. The summed E-state index contributed by atoms with van der Waals surface area (Å²) in [4.78, 5) is 11.6. The molecule has 1 aromatic carbocycles. The Bertz CT molecular complexity index is 381. The van der Waals surface area contributed by atoms with Crippen LogP contribution in [0.4, 0.5) is 0 Å². The number of esters is 1. The van der Waals surface area contributed by atoms with E-state index < -0.39 is 0 Å². The zero-order valence-electron chi connectivity index (χ0n) is 12.7. The van der Waals surface area contributed by atoms with Gasteiger partial charge in [0.05, 0.1) is 0 Å². The van der Waals surface area contributed by atoms with Gasteiger partial charge >= 0.3 is 5.97 Å². The van der Waals surface area contributed by atoms with Gasteiger partial charge in [-0.2, -0.15) is 0 Å². The van der Waals surface area contributed by atoms with Gasteiger partial charge in [0.15, 0.2) is 11.6 Å². The summed E-state index contributed by atoms with van der Waals surface area (Å²) in [6, 6.07) is 9.27. The van der Waals surface area contributed by atoms with Gasteiger partial charge in [-0.05, 0) is 40.9 Å². The molecule has 1 unspecified atom stereocenters. The summed E-state index contributed by atoms with van der Waals surface area (Å²) in [7, 11) is 0. The molecule has 4 heteroatoms. The van der Waals surface area contributed by atoms with Crippen LogP contribution in [0, 0.1) is 0 Å². The summed E-state index contributed by atoms with van der Waals surface area (Å²) in [6.45, 7) is 2.16. The minimum atomic E-state index is -0.341. The quantitative estimate of drug-likeness (QED) is 0.315. The van der Waals surface area contributed by atoms with Crippen molar-refractivity contribution < 1.29 is 14.3 Å². The molecule has 0 fully saturated rings. The second kappa shape index (κ2) is 11.6. The topological polar surface area (TPSA) is 35.5 Å². The Morgan fingerprint density at radius 2 is 1.76 bits per heavy atom. The molecule has 0 aliphatic heterocycles. The molecule has 0 saturated heterocycles. The fourth-order valence-electron chi connectivity index (χ4n) is 1.98. The maximum Gasteiger partial charge on any atom is 0.345 e. The summed E-state index contributed by atoms with van der Waals surface area (Å²) in [5, 5.41) is -0.212. The first-order valence-electron chi connectivity index (χ1n) is 7.73. The van der Waals surface area contributed by atoms with Crippen LogP contribution in [-0.4, -0.2) is 17.6 Å². The second-order valence-electron chi connectivity index (χ2n) is 5.06. The SMILES string of the molecule is CCCCCCCCC(Br)OC(=O)COc1ccccc1. The molecule has 0 aliphatic carbocycles. The van der Waals surface area contributed by atoms with E-state index in [1.54, 1.807) is 0 Å². The highest BCUT2D eigenvalue weighted by Crippen LogP contribution is 2.15. The van der Waals surface area contributed by atoms with Gasteiger partial charge in [0.1, 0.15) is 5.75 Å². The highest BCUT2D eigenvalue weighted by Gasteiger charge is 2.11. The maximum absolute atomic E-state index is 11.6. The number of ether oxygens (including phenoxy) is 2. The highest BCUT2D eigenvalue weighted by atomic mass is 79.9. The molecular weight excluding hydrogens is 332 g/mol. The van der Waals surface area contributed by atoms with Gasteiger partial charge in [0, 0.05) is 0 Å². The largest absolute Gasteiger partial charge is 0.482 e. The first-order chi connectivity index (χ1) is 10.2. The minimum Gasteiger partial charge on any atom is -0.482 e. The van der Waals surface area contributed by atoms with Gasteiger partial charge in [0.2, 0.25) is 0 Å². The van der Waals surface area contributed by atoms with Crippen LogP contribution in [0.25, 0.3) is 0 Å². The van der Waals surface area contributed by atoms with Gasteiger partial charge in [-0.3, -0.25) is 0 Å². The summed E-state index contributed by atoms with van der Waals surface area (Å²) >= 11 is 3.39. The minimum absolute atomic E-state index is 0.0530. The van der Waals surface area contributed by atoms with Crippen LogP contribution in [-0.2, 0) is 9.53 Å². The Kier molecular flexibility index (Phi) is 9.96. The van der Waals surface area contributed by atoms with Crippen LogP contribution < -0.4 is 4.74 Å². The van der Waals surface area contributed by atoms with Crippen molar-refractivity contribution in [3.63, 3.8) is 0 Å². The first kappa shape index (κ1) is 18.0. The molecule has 1 aromatic rings. The van der Waals surface area contributed by atoms with E-state index in [0.29, 0.717) is 5.75 Å². The van der Waals surface area contributed by atoms with Crippen LogP contribution in [0.5, 0.6) is 5.75 Å². The number of hydrogen-bond donors (Lipinski definition) is 0. The molecule has 0 bridgehead atoms. The summed E-state index contributed by atoms with van der Waals surface area (Å²) < 4.78 is 10.6. The lowest BCUT2D eigenvalue weighted by Crippen LogP contribution is -2.19. The Hall–Kier alpha value is -1.03. The number of benzene rings is 1. The first-order valence-corrected chi connectivity index (χ1v) is 8.65. The summed E-state index contributed by atoms with van der Waals surface area (Å²) in [5.41, 5.74) is 0. The molecule has 0 amide bonds. The number of rotatable bonds is 11. The van der Waals surface area contributed by atoms with Crippen molar-refractivity contribution >= 4 is 21.9 Å². The number of halogens is 1. The molecule has 118 valence electrons. The van der Waals surface area contributed by atoms with Crippen molar-refractivity contribution in [2.45, 2.75) is 56.9 Å². The number of unbranched alkanes of at least 4 members (excludes halogenated alkanes) is 5. The Balaban J connectivity index is 2.05. The van der Waals surface area contributed by atoms with Crippen molar-refractivity contribution in [1.82, 2.24) is 0 Å². The Morgan fingerprint density at radius 3 is 2.48 bits per heavy atom. The van der Waals surface area contributed by atoms with E-state index in [1.165, 1.54) is 32.1 Å². The zero-order valence-corrected chi connectivity index (χ0v) is 14.3. The molecule has 1 atom stereocenters. The Labute approximate surface area is 136 Å². The number of hydrogen-bond acceptors (Lipinski definition) is 3. The third kappa shape index (κ3) is 9.51. The van der Waals surface area contributed by atoms with Crippen LogP contribution in [0.2, 0.25) is 0 Å². The molecule has 0 aliphatic rings. The third-order valence-corrected chi connectivity index (χ3v) is 3.79. The molecule has 1 rings (SSSR count). The van der Waals surface area contributed by atoms with E-state index in [2.05, 4.69) is 22.9 Å². The lowest BCUT2D eigenvalue weighted by atomic mass is 10.1. The average molecular weight is 357 g/mol. The molecule has 0 spiro atoms. The van der Waals surface area contributed by atoms with E-state index in [4.69, 9.17) is 9.47 Å². The van der Waals surface area contributed by atoms with Crippen LogP contribution >= 0.6 is 15.9 Å². The van der Waals surface area contributed by atoms with Crippen molar-refractivity contribution in [2.24, 2.45) is 0 Å². The van der Waals surface area contributed by atoms with Crippen molar-refractivity contribution in [2.75, 3.05) is 6.61 Å². The maximum atomic E-state index is 11.6. The summed E-state index contributed by atoms with van der Waals surface area (Å²) in [5.74, 6) is 0.336. The van der Waals surface area contributed by atoms with Gasteiger partial charge in [-0.25, -0.2) is 4.79 Å². The van der Waals surface area contributed by atoms with Crippen LogP contribution in [0.15, 0.2) is 30.3 Å². The van der Waals surface area contributed by atoms with Crippen molar-refractivity contribution in [1.29, 1.82) is 0 Å². The van der Waals surface area contributed by atoms with E-state index in [0.717, 1.165) is 12.8 Å². The smallest absolute Gasteiger partial charge is 0.345 e. The second-order valence-corrected chi connectivity index (χ2v) is 6.08. The molecule has 0 heterocycles. The van der Waals surface area contributed by atoms with E-state index in [1.807, 2.05) is 30.3 Å². The number of para-hydroxylation sites is 1. The normalized spacial score (nSPS) is 11.9. The zero-order chi connectivity index (χ0) is 15.3. The monoisotopic (exact) mass is 356 g/mol. The van der Waals surface area contributed by atoms with E-state index >= 15 is 0 Å². The Morgan fingerprint density at radius 1 is 1.10 bits per heavy atom. The lowest BCUT2D eigenvalue weighted by molar-refractivity contribution is -0.147. The lowest BCUT2D eigenvalue weighted by Gasteiger charge is -2.12. The molecule has 0 radical (unpaired) electrons. The van der Waals surface area contributed by atoms with Gasteiger partial charge in [-0.15, -0.1) is 0 Å². The fourth-order valence-corrected chi connectivity index (χ4v) is 2.51. The number of carbonyl (C=O) groups is 1. The molecule has 0 saturated carbocycles. The molecule has 0 N–H and O–H groups in total. The number of alkyl halides is 1. The summed E-state index contributed by atoms with van der Waals surface area (Å²) in [6.07, 6.45) is 8.26. The van der Waals surface area contributed by atoms with Gasteiger partial charge < -0.3 is 9.47 Å². The van der Waals surface area contributed by atoms with Gasteiger partial charge in [0.25, 0.3) is 0 Å². The van der Waals surface area contributed by atoms with Crippen LogP contribution in [0.1, 0.15) is 51.9 Å². The molecule has 0 aromatic heterocycles. The van der Waals surface area contributed by atoms with Crippen LogP contribution in [0.3, 0.4) is 0 Å². The average Bonchev–Trinajstić information content (AvgIpc) is 2.50. The van der Waals surface area contributed by atoms with Gasteiger partial charge in [-0.1, -0.05) is 57.2 Å². The molecule has 3 nitrogen and oxygen atoms in total. The number of carbonyl (C=O) groups excluding carboxylic acids is 1. The standard InChI is InChI=1S/C17H25BrO3/c1-2-3-4-5-6-10-13-16(18)21-17(19)14-20-15-11-8-7-9-12-15/h7-9,11-12,16H,2-6,10,13-14H2,1H3. The fraction of sp³-hybridized carbons (Fsp3) is 0.588. The molecule has 21 heavy (non-hydrogen) atoms. The predicted molar refractivity (Wildman–Crippen MR) is 88.7 cm³/mol. The molecular formula is C17H25BrO3. The van der Waals surface area contributed by atoms with E-state index in [9.17, 15) is 4.79 Å². The van der Waals surface area contributed by atoms with Crippen molar-refractivity contribution in [3.8, 4) is 5.75 Å². The third-order valence-electron chi connectivity index (χ3n) is 3.14. The predicted octanol–water partition coefficient (Wildman–Crippen LogP) is 5.08.